The number of methoxy groups -OCH3 is 2. The lowest BCUT2D eigenvalue weighted by Crippen LogP contribution is -2.06. The van der Waals surface area contributed by atoms with E-state index in [0.29, 0.717) is 11.3 Å². The van der Waals surface area contributed by atoms with Crippen molar-refractivity contribution in [2.45, 2.75) is 6.61 Å². The summed E-state index contributed by atoms with van der Waals surface area (Å²) < 4.78 is 52.3. The quantitative estimate of drug-likeness (QED) is 0.614. The molecular formula is C16H15F3N2O3. The standard InChI is InChI=1S/C16H15F3N2O3/c1-22-13-7-10(8-14(23-2)15(13)24-16(18)19)9-20-21-12-5-3-11(17)4-6-12/h3-9,16,21H,1-2H3/b20-9-. The summed E-state index contributed by atoms with van der Waals surface area (Å²) in [7, 11) is 2.65. The molecule has 0 heterocycles. The third-order valence-electron chi connectivity index (χ3n) is 2.94. The third kappa shape index (κ3) is 4.55. The Hall–Kier alpha value is -2.90. The Balaban J connectivity index is 2.20. The fourth-order valence-electron chi connectivity index (χ4n) is 1.89. The van der Waals surface area contributed by atoms with Gasteiger partial charge in [0.05, 0.1) is 26.1 Å². The van der Waals surface area contributed by atoms with Crippen molar-refractivity contribution in [3.8, 4) is 17.2 Å². The zero-order valence-electron chi connectivity index (χ0n) is 12.9. The molecule has 1 N–H and O–H groups in total. The van der Waals surface area contributed by atoms with Crippen LogP contribution in [0.4, 0.5) is 18.9 Å². The number of nitrogens with zero attached hydrogens (tertiary/aromatic N) is 1. The lowest BCUT2D eigenvalue weighted by atomic mass is 10.2. The average Bonchev–Trinajstić information content (AvgIpc) is 2.57. The topological polar surface area (TPSA) is 52.1 Å². The minimum atomic E-state index is -3.01. The Morgan fingerprint density at radius 2 is 1.62 bits per heavy atom. The molecule has 2 rings (SSSR count). The van der Waals surface area contributed by atoms with E-state index in [1.54, 1.807) is 0 Å². The third-order valence-corrected chi connectivity index (χ3v) is 2.94. The van der Waals surface area contributed by atoms with Crippen molar-refractivity contribution in [3.63, 3.8) is 0 Å². The first-order chi connectivity index (χ1) is 11.5. The second kappa shape index (κ2) is 8.09. The van der Waals surface area contributed by atoms with Crippen LogP contribution in [-0.4, -0.2) is 27.0 Å². The smallest absolute Gasteiger partial charge is 0.387 e. The van der Waals surface area contributed by atoms with E-state index in [1.165, 1.54) is 56.8 Å². The maximum atomic E-state index is 12.8. The predicted octanol–water partition coefficient (Wildman–Crippen LogP) is 3.89. The van der Waals surface area contributed by atoms with Crippen LogP contribution in [0.25, 0.3) is 0 Å². The molecule has 0 aromatic heterocycles. The summed E-state index contributed by atoms with van der Waals surface area (Å²) in [6.07, 6.45) is 1.43. The van der Waals surface area contributed by atoms with Crippen LogP contribution in [0, 0.1) is 5.82 Å². The molecule has 8 heteroatoms. The van der Waals surface area contributed by atoms with Crippen LogP contribution in [0.5, 0.6) is 17.2 Å². The number of hydrogen-bond acceptors (Lipinski definition) is 5. The highest BCUT2D eigenvalue weighted by molar-refractivity contribution is 5.83. The number of hydrazone groups is 1. The molecule has 0 fully saturated rings. The number of ether oxygens (including phenoxy) is 3. The van der Waals surface area contributed by atoms with Crippen molar-refractivity contribution in [1.82, 2.24) is 0 Å². The normalized spacial score (nSPS) is 10.9. The van der Waals surface area contributed by atoms with Crippen LogP contribution in [0.1, 0.15) is 5.56 Å². The largest absolute Gasteiger partial charge is 0.493 e. The van der Waals surface area contributed by atoms with Crippen molar-refractivity contribution >= 4 is 11.9 Å². The number of anilines is 1. The van der Waals surface area contributed by atoms with E-state index in [1.807, 2.05) is 0 Å². The lowest BCUT2D eigenvalue weighted by molar-refractivity contribution is -0.0526. The SMILES string of the molecule is COc1cc(/C=N\Nc2ccc(F)cc2)cc(OC)c1OC(F)F. The van der Waals surface area contributed by atoms with Gasteiger partial charge in [0, 0.05) is 5.56 Å². The van der Waals surface area contributed by atoms with Gasteiger partial charge in [-0.15, -0.1) is 0 Å². The first-order valence-electron chi connectivity index (χ1n) is 6.79. The summed E-state index contributed by atoms with van der Waals surface area (Å²) in [4.78, 5) is 0. The molecule has 0 saturated carbocycles. The summed E-state index contributed by atoms with van der Waals surface area (Å²) in [6, 6.07) is 8.56. The summed E-state index contributed by atoms with van der Waals surface area (Å²) >= 11 is 0. The molecule has 2 aromatic rings. The van der Waals surface area contributed by atoms with E-state index in [2.05, 4.69) is 15.3 Å². The summed E-state index contributed by atoms with van der Waals surface area (Å²) in [5.74, 6) is -0.386. The van der Waals surface area contributed by atoms with Gasteiger partial charge in [0.25, 0.3) is 0 Å². The molecule has 2 aromatic carbocycles. The molecule has 0 spiro atoms. The van der Waals surface area contributed by atoms with Gasteiger partial charge in [0.15, 0.2) is 11.5 Å². The maximum Gasteiger partial charge on any atom is 0.387 e. The number of nitrogens with one attached hydrogen (secondary N) is 1. The van der Waals surface area contributed by atoms with Crippen LogP contribution in [0.2, 0.25) is 0 Å². The number of benzene rings is 2. The van der Waals surface area contributed by atoms with Crippen molar-refractivity contribution in [1.29, 1.82) is 0 Å². The van der Waals surface area contributed by atoms with Gasteiger partial charge in [-0.1, -0.05) is 0 Å². The van der Waals surface area contributed by atoms with Gasteiger partial charge in [-0.25, -0.2) is 4.39 Å². The second-order valence-electron chi connectivity index (χ2n) is 4.51. The number of rotatable bonds is 7. The van der Waals surface area contributed by atoms with E-state index in [0.717, 1.165) is 0 Å². The van der Waals surface area contributed by atoms with Crippen molar-refractivity contribution in [3.05, 3.63) is 47.8 Å². The van der Waals surface area contributed by atoms with Crippen LogP contribution >= 0.6 is 0 Å². The first kappa shape index (κ1) is 17.5. The molecule has 5 nitrogen and oxygen atoms in total. The molecular weight excluding hydrogens is 325 g/mol. The predicted molar refractivity (Wildman–Crippen MR) is 83.8 cm³/mol. The Morgan fingerprint density at radius 3 is 2.12 bits per heavy atom. The molecule has 0 atom stereocenters. The Bertz CT molecular complexity index is 681. The molecule has 0 unspecified atom stereocenters. The van der Waals surface area contributed by atoms with Crippen LogP contribution in [-0.2, 0) is 0 Å². The molecule has 24 heavy (non-hydrogen) atoms. The van der Waals surface area contributed by atoms with Crippen molar-refractivity contribution < 1.29 is 27.4 Å². The van der Waals surface area contributed by atoms with E-state index in [-0.39, 0.29) is 23.1 Å². The molecule has 0 bridgehead atoms. The maximum absolute atomic E-state index is 12.8. The van der Waals surface area contributed by atoms with E-state index >= 15 is 0 Å². The Morgan fingerprint density at radius 1 is 1.04 bits per heavy atom. The van der Waals surface area contributed by atoms with Gasteiger partial charge in [-0.3, -0.25) is 5.43 Å². The van der Waals surface area contributed by atoms with Gasteiger partial charge >= 0.3 is 6.61 Å². The Kier molecular flexibility index (Phi) is 5.89. The molecule has 0 amide bonds. The van der Waals surface area contributed by atoms with Gasteiger partial charge in [0.1, 0.15) is 5.82 Å². The first-order valence-corrected chi connectivity index (χ1v) is 6.79. The van der Waals surface area contributed by atoms with Gasteiger partial charge in [-0.2, -0.15) is 13.9 Å². The number of hydrogen-bond donors (Lipinski definition) is 1. The second-order valence-corrected chi connectivity index (χ2v) is 4.51. The highest BCUT2D eigenvalue weighted by Gasteiger charge is 2.17. The van der Waals surface area contributed by atoms with E-state index in [4.69, 9.17) is 9.47 Å². The van der Waals surface area contributed by atoms with Crippen molar-refractivity contribution in [2.24, 2.45) is 5.10 Å². The fraction of sp³-hybridized carbons (Fsp3) is 0.188. The molecule has 0 aliphatic carbocycles. The highest BCUT2D eigenvalue weighted by Crippen LogP contribution is 2.39. The summed E-state index contributed by atoms with van der Waals surface area (Å²) in [6.45, 7) is -3.01. The average molecular weight is 340 g/mol. The fourth-order valence-corrected chi connectivity index (χ4v) is 1.89. The molecule has 128 valence electrons. The lowest BCUT2D eigenvalue weighted by Gasteiger charge is -2.14. The minimum Gasteiger partial charge on any atom is -0.493 e. The zero-order valence-corrected chi connectivity index (χ0v) is 12.9. The minimum absolute atomic E-state index is 0.0814. The van der Waals surface area contributed by atoms with Gasteiger partial charge in [-0.05, 0) is 36.4 Å². The van der Waals surface area contributed by atoms with Crippen molar-refractivity contribution in [2.75, 3.05) is 19.6 Å². The number of alkyl halides is 2. The van der Waals surface area contributed by atoms with Gasteiger partial charge in [0.2, 0.25) is 5.75 Å². The molecule has 0 aliphatic heterocycles. The monoisotopic (exact) mass is 340 g/mol. The summed E-state index contributed by atoms with van der Waals surface area (Å²) in [5.41, 5.74) is 3.83. The highest BCUT2D eigenvalue weighted by atomic mass is 19.3. The number of halogens is 3. The van der Waals surface area contributed by atoms with Crippen LogP contribution < -0.4 is 19.6 Å². The molecule has 0 radical (unpaired) electrons. The Labute approximate surface area is 136 Å². The van der Waals surface area contributed by atoms with Crippen LogP contribution in [0.15, 0.2) is 41.5 Å². The zero-order chi connectivity index (χ0) is 17.5. The van der Waals surface area contributed by atoms with Gasteiger partial charge < -0.3 is 14.2 Å². The molecule has 0 aliphatic rings. The van der Waals surface area contributed by atoms with E-state index in [9.17, 15) is 13.2 Å². The van der Waals surface area contributed by atoms with Crippen LogP contribution in [0.3, 0.4) is 0 Å². The summed E-state index contributed by atoms with van der Waals surface area (Å²) in [5, 5.41) is 3.99. The van der Waals surface area contributed by atoms with E-state index < -0.39 is 6.61 Å². The molecule has 0 saturated heterocycles.